The van der Waals surface area contributed by atoms with Gasteiger partial charge in [0.25, 0.3) is 5.91 Å². The van der Waals surface area contributed by atoms with Crippen LogP contribution in [-0.4, -0.2) is 52.0 Å². The molecule has 0 aliphatic carbocycles. The van der Waals surface area contributed by atoms with E-state index in [1.165, 1.54) is 13.0 Å². The summed E-state index contributed by atoms with van der Waals surface area (Å²) < 4.78 is 5.46. The number of nitrogens with zero attached hydrogens (tertiary/aromatic N) is 1. The number of likely N-dealkylation sites (tertiary alicyclic amines) is 1. The van der Waals surface area contributed by atoms with Gasteiger partial charge in [-0.15, -0.1) is 0 Å². The average molecular weight is 324 g/mol. The summed E-state index contributed by atoms with van der Waals surface area (Å²) in [7, 11) is 0. The van der Waals surface area contributed by atoms with Crippen molar-refractivity contribution in [1.82, 2.24) is 10.2 Å². The Balaban J connectivity index is 2.31. The van der Waals surface area contributed by atoms with Crippen molar-refractivity contribution >= 4 is 17.8 Å². The number of carboxylic acids is 1. The Hall–Kier alpha value is -2.05. The number of carbonyl (C=O) groups excluding carboxylic acids is 2. The van der Waals surface area contributed by atoms with Gasteiger partial charge in [0.2, 0.25) is 11.7 Å². The molecular formula is C16H24N2O5. The smallest absolute Gasteiger partial charge is 0.370 e. The standard InChI is InChI=1S/C16H24N2O5/c1-8-7-12(16(21)22)23-14(13(8)17-11(4)19)15(20)18-9(2)5-6-10(18)3/h7-10,13-14H,5-6H2,1-4H3,(H,17,19)(H,21,22)/t8-,9+,10+,13+,14+/m0/s1. The van der Waals surface area contributed by atoms with Crippen LogP contribution in [-0.2, 0) is 19.1 Å². The Morgan fingerprint density at radius 2 is 1.78 bits per heavy atom. The molecule has 2 aliphatic rings. The van der Waals surface area contributed by atoms with Crippen molar-refractivity contribution in [2.24, 2.45) is 5.92 Å². The molecule has 7 heteroatoms. The molecule has 0 bridgehead atoms. The van der Waals surface area contributed by atoms with Gasteiger partial charge in [-0.25, -0.2) is 4.79 Å². The third kappa shape index (κ3) is 3.48. The van der Waals surface area contributed by atoms with Gasteiger partial charge in [0.1, 0.15) is 0 Å². The molecule has 0 aromatic carbocycles. The fourth-order valence-corrected chi connectivity index (χ4v) is 3.41. The first-order valence-electron chi connectivity index (χ1n) is 7.93. The predicted molar refractivity (Wildman–Crippen MR) is 82.4 cm³/mol. The van der Waals surface area contributed by atoms with Crippen molar-refractivity contribution < 1.29 is 24.2 Å². The van der Waals surface area contributed by atoms with E-state index in [-0.39, 0.29) is 35.6 Å². The largest absolute Gasteiger partial charge is 0.475 e. The van der Waals surface area contributed by atoms with Gasteiger partial charge in [0.05, 0.1) is 6.04 Å². The third-order valence-electron chi connectivity index (χ3n) is 4.59. The summed E-state index contributed by atoms with van der Waals surface area (Å²) in [5.41, 5.74) is 0. The van der Waals surface area contributed by atoms with E-state index in [9.17, 15) is 19.5 Å². The Morgan fingerprint density at radius 3 is 2.26 bits per heavy atom. The van der Waals surface area contributed by atoms with E-state index in [4.69, 9.17) is 4.74 Å². The fraction of sp³-hybridized carbons (Fsp3) is 0.688. The minimum absolute atomic E-state index is 0.0774. The van der Waals surface area contributed by atoms with Crippen molar-refractivity contribution in [3.63, 3.8) is 0 Å². The fourth-order valence-electron chi connectivity index (χ4n) is 3.41. The highest BCUT2D eigenvalue weighted by atomic mass is 16.5. The number of hydrogen-bond donors (Lipinski definition) is 2. The summed E-state index contributed by atoms with van der Waals surface area (Å²) in [6.45, 7) is 7.07. The Labute approximate surface area is 135 Å². The van der Waals surface area contributed by atoms with Crippen LogP contribution in [0.25, 0.3) is 0 Å². The number of hydrogen-bond acceptors (Lipinski definition) is 4. The van der Waals surface area contributed by atoms with Crippen LogP contribution in [0.15, 0.2) is 11.8 Å². The number of carboxylic acid groups (broad SMARTS) is 1. The molecule has 23 heavy (non-hydrogen) atoms. The van der Waals surface area contributed by atoms with Crippen LogP contribution in [0.4, 0.5) is 0 Å². The normalized spacial score (nSPS) is 33.7. The van der Waals surface area contributed by atoms with Crippen LogP contribution >= 0.6 is 0 Å². The topological polar surface area (TPSA) is 95.9 Å². The molecule has 0 aromatic rings. The molecule has 2 aliphatic heterocycles. The maximum absolute atomic E-state index is 13.0. The van der Waals surface area contributed by atoms with E-state index in [0.29, 0.717) is 0 Å². The van der Waals surface area contributed by atoms with Crippen LogP contribution in [0.3, 0.4) is 0 Å². The third-order valence-corrected chi connectivity index (χ3v) is 4.59. The molecule has 0 aromatic heterocycles. The van der Waals surface area contributed by atoms with Gasteiger partial charge in [-0.3, -0.25) is 9.59 Å². The summed E-state index contributed by atoms with van der Waals surface area (Å²) in [5.74, 6) is -2.31. The van der Waals surface area contributed by atoms with Gasteiger partial charge in [0, 0.05) is 24.9 Å². The van der Waals surface area contributed by atoms with Crippen LogP contribution < -0.4 is 5.32 Å². The lowest BCUT2D eigenvalue weighted by Gasteiger charge is -2.38. The second-order valence-corrected chi connectivity index (χ2v) is 6.48. The summed E-state index contributed by atoms with van der Waals surface area (Å²) in [6, 6.07) is -0.426. The van der Waals surface area contributed by atoms with Gasteiger partial charge >= 0.3 is 5.97 Å². The maximum atomic E-state index is 13.0. The molecule has 2 rings (SSSR count). The first-order chi connectivity index (χ1) is 10.7. The number of ether oxygens (including phenoxy) is 1. The molecule has 7 nitrogen and oxygen atoms in total. The Morgan fingerprint density at radius 1 is 1.22 bits per heavy atom. The summed E-state index contributed by atoms with van der Waals surface area (Å²) >= 11 is 0. The maximum Gasteiger partial charge on any atom is 0.370 e. The van der Waals surface area contributed by atoms with Crippen molar-refractivity contribution in [2.75, 3.05) is 0 Å². The minimum Gasteiger partial charge on any atom is -0.475 e. The number of amides is 2. The number of nitrogens with one attached hydrogen (secondary N) is 1. The molecular weight excluding hydrogens is 300 g/mol. The Kier molecular flexibility index (Phi) is 4.97. The zero-order chi connectivity index (χ0) is 17.3. The van der Waals surface area contributed by atoms with E-state index in [2.05, 4.69) is 5.32 Å². The van der Waals surface area contributed by atoms with E-state index < -0.39 is 18.1 Å². The first-order valence-corrected chi connectivity index (χ1v) is 7.93. The quantitative estimate of drug-likeness (QED) is 0.804. The molecule has 0 saturated carbocycles. The Bertz CT molecular complexity index is 535. The van der Waals surface area contributed by atoms with Gasteiger partial charge in [-0.2, -0.15) is 0 Å². The van der Waals surface area contributed by atoms with Crippen LogP contribution in [0, 0.1) is 5.92 Å². The average Bonchev–Trinajstić information content (AvgIpc) is 2.78. The number of rotatable bonds is 3. The number of carbonyl (C=O) groups is 3. The van der Waals surface area contributed by atoms with Crippen LogP contribution in [0.2, 0.25) is 0 Å². The highest BCUT2D eigenvalue weighted by molar-refractivity contribution is 5.88. The van der Waals surface area contributed by atoms with Crippen molar-refractivity contribution in [2.45, 2.75) is 64.8 Å². The molecule has 1 fully saturated rings. The highest BCUT2D eigenvalue weighted by Crippen LogP contribution is 2.29. The summed E-state index contributed by atoms with van der Waals surface area (Å²) in [4.78, 5) is 37.4. The highest BCUT2D eigenvalue weighted by Gasteiger charge is 2.44. The van der Waals surface area contributed by atoms with Crippen molar-refractivity contribution in [1.29, 1.82) is 0 Å². The van der Waals surface area contributed by atoms with Gasteiger partial charge < -0.3 is 20.1 Å². The van der Waals surface area contributed by atoms with Gasteiger partial charge in [-0.1, -0.05) is 6.92 Å². The van der Waals surface area contributed by atoms with E-state index in [1.54, 1.807) is 11.8 Å². The van der Waals surface area contributed by atoms with E-state index in [0.717, 1.165) is 12.8 Å². The SMILES string of the molecule is CC(=O)N[C@@H]1[C@@H](C)C=C(C(=O)O)O[C@H]1C(=O)N1[C@H](C)CC[C@H]1C. The zero-order valence-electron chi connectivity index (χ0n) is 13.9. The van der Waals surface area contributed by atoms with E-state index >= 15 is 0 Å². The summed E-state index contributed by atoms with van der Waals surface area (Å²) in [5, 5.41) is 11.9. The molecule has 5 atom stereocenters. The molecule has 128 valence electrons. The molecule has 0 unspecified atom stereocenters. The molecule has 2 N–H and O–H groups in total. The summed E-state index contributed by atoms with van der Waals surface area (Å²) in [6.07, 6.45) is 2.22. The monoisotopic (exact) mass is 324 g/mol. The molecule has 1 saturated heterocycles. The molecule has 0 radical (unpaired) electrons. The van der Waals surface area contributed by atoms with Crippen molar-refractivity contribution in [3.05, 3.63) is 11.8 Å². The molecule has 0 spiro atoms. The molecule has 2 amide bonds. The predicted octanol–water partition coefficient (Wildman–Crippen LogP) is 0.894. The number of aliphatic carboxylic acids is 1. The van der Waals surface area contributed by atoms with Crippen LogP contribution in [0.1, 0.15) is 40.5 Å². The molecule has 2 heterocycles. The van der Waals surface area contributed by atoms with Gasteiger partial charge in [0.15, 0.2) is 6.10 Å². The minimum atomic E-state index is -1.21. The van der Waals surface area contributed by atoms with Crippen molar-refractivity contribution in [3.8, 4) is 0 Å². The first kappa shape index (κ1) is 17.3. The van der Waals surface area contributed by atoms with Crippen LogP contribution in [0.5, 0.6) is 0 Å². The van der Waals surface area contributed by atoms with E-state index in [1.807, 2.05) is 13.8 Å². The lowest BCUT2D eigenvalue weighted by atomic mass is 9.92. The second kappa shape index (κ2) is 6.60. The lowest BCUT2D eigenvalue weighted by Crippen LogP contribution is -2.58. The second-order valence-electron chi connectivity index (χ2n) is 6.48. The zero-order valence-corrected chi connectivity index (χ0v) is 13.9. The lowest BCUT2D eigenvalue weighted by molar-refractivity contribution is -0.151. The van der Waals surface area contributed by atoms with Gasteiger partial charge in [-0.05, 0) is 32.8 Å².